The highest BCUT2D eigenvalue weighted by atomic mass is 79.9. The number of amides is 1. The van der Waals surface area contributed by atoms with Gasteiger partial charge in [0.1, 0.15) is 11.8 Å². The summed E-state index contributed by atoms with van der Waals surface area (Å²) in [6.45, 7) is 3.80. The zero-order valence-electron chi connectivity index (χ0n) is 17.4. The smallest absolute Gasteiger partial charge is 0.301 e. The van der Waals surface area contributed by atoms with E-state index in [1.54, 1.807) is 24.3 Å². The molecule has 5 nitrogen and oxygen atoms in total. The number of aryl methyl sites for hydroxylation is 2. The summed E-state index contributed by atoms with van der Waals surface area (Å²) in [6, 6.07) is 11.9. The number of thiazole rings is 1. The van der Waals surface area contributed by atoms with Crippen molar-refractivity contribution in [1.29, 1.82) is 0 Å². The van der Waals surface area contributed by atoms with E-state index in [-0.39, 0.29) is 11.3 Å². The van der Waals surface area contributed by atoms with Crippen molar-refractivity contribution in [2.75, 3.05) is 4.90 Å². The van der Waals surface area contributed by atoms with Crippen molar-refractivity contribution in [2.45, 2.75) is 19.9 Å². The van der Waals surface area contributed by atoms with Crippen LogP contribution in [0.4, 0.5) is 5.13 Å². The molecule has 0 spiro atoms. The Morgan fingerprint density at radius 2 is 1.94 bits per heavy atom. The van der Waals surface area contributed by atoms with Crippen LogP contribution in [0, 0.1) is 13.8 Å². The molecule has 4 aromatic rings. The maximum Gasteiger partial charge on any atom is 0.301 e. The summed E-state index contributed by atoms with van der Waals surface area (Å²) >= 11 is 12.4. The van der Waals surface area contributed by atoms with Crippen molar-refractivity contribution >= 4 is 83.0 Å². The Bertz CT molecular complexity index is 1440. The fourth-order valence-electron chi connectivity index (χ4n) is 3.83. The van der Waals surface area contributed by atoms with Gasteiger partial charge in [-0.05, 0) is 60.7 Å². The van der Waals surface area contributed by atoms with Gasteiger partial charge in [-0.3, -0.25) is 14.5 Å². The van der Waals surface area contributed by atoms with Gasteiger partial charge in [-0.15, -0.1) is 11.3 Å². The lowest BCUT2D eigenvalue weighted by Gasteiger charge is -2.21. The van der Waals surface area contributed by atoms with Gasteiger partial charge in [-0.2, -0.15) is 0 Å². The van der Waals surface area contributed by atoms with Crippen LogP contribution in [0.25, 0.3) is 16.0 Å². The van der Waals surface area contributed by atoms with Crippen LogP contribution in [-0.2, 0) is 9.59 Å². The Labute approximate surface area is 211 Å². The Morgan fingerprint density at radius 3 is 2.64 bits per heavy atom. The minimum Gasteiger partial charge on any atom is -0.507 e. The molecule has 0 saturated carbocycles. The summed E-state index contributed by atoms with van der Waals surface area (Å²) in [4.78, 5) is 33.3. The topological polar surface area (TPSA) is 70.5 Å². The summed E-state index contributed by atoms with van der Waals surface area (Å²) in [5.41, 5.74) is 2.99. The Morgan fingerprint density at radius 1 is 1.15 bits per heavy atom. The first-order chi connectivity index (χ1) is 15.8. The van der Waals surface area contributed by atoms with E-state index in [0.717, 1.165) is 25.2 Å². The lowest BCUT2D eigenvalue weighted by Crippen LogP contribution is -2.28. The van der Waals surface area contributed by atoms with Gasteiger partial charge in [0.15, 0.2) is 5.13 Å². The quantitative estimate of drug-likeness (QED) is 0.166. The number of ketones is 1. The average Bonchev–Trinajstić information content (AvgIpc) is 3.49. The van der Waals surface area contributed by atoms with E-state index in [2.05, 4.69) is 20.9 Å². The number of aliphatic hydroxyl groups is 1. The fourth-order valence-corrected chi connectivity index (χ4v) is 6.13. The first kappa shape index (κ1) is 22.3. The van der Waals surface area contributed by atoms with E-state index < -0.39 is 17.7 Å². The number of aliphatic hydroxyl groups excluding tert-OH is 1. The van der Waals surface area contributed by atoms with E-state index in [9.17, 15) is 14.7 Å². The number of halogens is 2. The normalized spacial score (nSPS) is 17.9. The average molecular weight is 560 g/mol. The maximum absolute atomic E-state index is 13.3. The van der Waals surface area contributed by atoms with E-state index in [1.807, 2.05) is 37.4 Å². The van der Waals surface area contributed by atoms with Crippen LogP contribution in [0.1, 0.15) is 27.6 Å². The third-order valence-corrected chi connectivity index (χ3v) is 8.79. The highest BCUT2D eigenvalue weighted by Crippen LogP contribution is 2.46. The van der Waals surface area contributed by atoms with Crippen LogP contribution in [0.15, 0.2) is 57.9 Å². The third kappa shape index (κ3) is 3.71. The molecule has 1 fully saturated rings. The number of hydrogen-bond donors (Lipinski definition) is 1. The number of aromatic nitrogens is 1. The molecule has 1 N–H and O–H groups in total. The highest BCUT2D eigenvalue weighted by molar-refractivity contribution is 9.10. The van der Waals surface area contributed by atoms with Crippen molar-refractivity contribution in [3.05, 3.63) is 84.5 Å². The van der Waals surface area contributed by atoms with E-state index in [1.165, 1.54) is 27.6 Å². The van der Waals surface area contributed by atoms with Crippen LogP contribution in [-0.4, -0.2) is 21.8 Å². The number of thiophene rings is 1. The van der Waals surface area contributed by atoms with Gasteiger partial charge in [0.2, 0.25) is 0 Å². The van der Waals surface area contributed by atoms with E-state index in [4.69, 9.17) is 11.6 Å². The molecule has 1 atom stereocenters. The highest BCUT2D eigenvalue weighted by Gasteiger charge is 2.48. The fraction of sp³-hybridized carbons (Fsp3) is 0.125. The number of carbonyl (C=O) groups excluding carboxylic acids is 2. The molecule has 2 aromatic carbocycles. The standard InChI is InChI=1S/C24H16BrClN2O3S2/c1-11-8-13(5-6-14(11)25)21(29)19-20(17-4-3-7-32-17)28(23(31)22(19)30)24-27-16-10-15(26)12(2)9-18(16)33-24/h3-10,20,29H,1-2H3/b21-19+. The van der Waals surface area contributed by atoms with Gasteiger partial charge in [0.05, 0.1) is 15.8 Å². The van der Waals surface area contributed by atoms with Crippen LogP contribution < -0.4 is 4.90 Å². The molecule has 9 heteroatoms. The molecular weight excluding hydrogens is 544 g/mol. The van der Waals surface area contributed by atoms with Crippen molar-refractivity contribution in [2.24, 2.45) is 0 Å². The van der Waals surface area contributed by atoms with E-state index in [0.29, 0.717) is 21.2 Å². The largest absolute Gasteiger partial charge is 0.507 e. The molecule has 1 amide bonds. The molecule has 1 aliphatic rings. The molecule has 3 heterocycles. The molecule has 166 valence electrons. The third-order valence-electron chi connectivity index (χ3n) is 5.55. The second-order valence-electron chi connectivity index (χ2n) is 7.71. The second-order valence-corrected chi connectivity index (χ2v) is 11.0. The van der Waals surface area contributed by atoms with Gasteiger partial charge < -0.3 is 5.11 Å². The number of carbonyl (C=O) groups is 2. The molecular formula is C24H16BrClN2O3S2. The molecule has 0 bridgehead atoms. The first-order valence-electron chi connectivity index (χ1n) is 9.94. The number of anilines is 1. The Hall–Kier alpha value is -2.52. The zero-order chi connectivity index (χ0) is 23.4. The van der Waals surface area contributed by atoms with Crippen molar-refractivity contribution in [3.8, 4) is 0 Å². The van der Waals surface area contributed by atoms with Crippen molar-refractivity contribution in [1.82, 2.24) is 4.98 Å². The summed E-state index contributed by atoms with van der Waals surface area (Å²) < 4.78 is 1.75. The molecule has 33 heavy (non-hydrogen) atoms. The van der Waals surface area contributed by atoms with Gasteiger partial charge in [-0.1, -0.05) is 51.0 Å². The predicted molar refractivity (Wildman–Crippen MR) is 137 cm³/mol. The molecule has 1 aliphatic heterocycles. The van der Waals surface area contributed by atoms with Gasteiger partial charge in [0, 0.05) is 19.9 Å². The molecule has 1 unspecified atom stereocenters. The summed E-state index contributed by atoms with van der Waals surface area (Å²) in [5.74, 6) is -1.66. The zero-order valence-corrected chi connectivity index (χ0v) is 21.4. The molecule has 0 aliphatic carbocycles. The number of hydrogen-bond acceptors (Lipinski definition) is 6. The number of fused-ring (bicyclic) bond motifs is 1. The maximum atomic E-state index is 13.3. The Balaban J connectivity index is 1.71. The van der Waals surface area contributed by atoms with Crippen molar-refractivity contribution in [3.63, 3.8) is 0 Å². The van der Waals surface area contributed by atoms with Crippen LogP contribution >= 0.6 is 50.2 Å². The molecule has 5 rings (SSSR count). The lowest BCUT2D eigenvalue weighted by molar-refractivity contribution is -0.132. The second kappa shape index (κ2) is 8.36. The first-order valence-corrected chi connectivity index (χ1v) is 12.8. The van der Waals surface area contributed by atoms with Crippen LogP contribution in [0.3, 0.4) is 0 Å². The van der Waals surface area contributed by atoms with E-state index >= 15 is 0 Å². The number of Topliss-reactive ketones (excluding diaryl/α,β-unsaturated/α-hetero) is 1. The predicted octanol–water partition coefficient (Wildman–Crippen LogP) is 7.02. The lowest BCUT2D eigenvalue weighted by atomic mass is 9.99. The monoisotopic (exact) mass is 558 g/mol. The van der Waals surface area contributed by atoms with Gasteiger partial charge in [-0.25, -0.2) is 4.98 Å². The number of benzene rings is 2. The number of rotatable bonds is 3. The van der Waals surface area contributed by atoms with Crippen LogP contribution in [0.2, 0.25) is 5.02 Å². The molecule has 0 radical (unpaired) electrons. The summed E-state index contributed by atoms with van der Waals surface area (Å²) in [5, 5.41) is 14.1. The molecule has 2 aromatic heterocycles. The summed E-state index contributed by atoms with van der Waals surface area (Å²) in [7, 11) is 0. The van der Waals surface area contributed by atoms with Crippen LogP contribution in [0.5, 0.6) is 0 Å². The van der Waals surface area contributed by atoms with Gasteiger partial charge in [0.25, 0.3) is 5.78 Å². The SMILES string of the molecule is Cc1cc2sc(N3C(=O)C(=O)/C(=C(/O)c4ccc(Br)c(C)c4)C3c3cccs3)nc2cc1Cl. The minimum absolute atomic E-state index is 0.0534. The Kier molecular flexibility index (Phi) is 5.64. The number of nitrogens with zero attached hydrogens (tertiary/aromatic N) is 2. The minimum atomic E-state index is -0.772. The van der Waals surface area contributed by atoms with Crippen molar-refractivity contribution < 1.29 is 14.7 Å². The molecule has 1 saturated heterocycles. The van der Waals surface area contributed by atoms with Gasteiger partial charge >= 0.3 is 5.91 Å². The summed E-state index contributed by atoms with van der Waals surface area (Å²) in [6.07, 6.45) is 0.